The van der Waals surface area contributed by atoms with Crippen LogP contribution in [-0.2, 0) is 16.2 Å². The first-order chi connectivity index (χ1) is 18.8. The molecule has 5 amide bonds. The number of ether oxygens (including phenoxy) is 1. The Balaban J connectivity index is 1.26. The average Bonchev–Trinajstić information content (AvgIpc) is 3.27. The number of pyridine rings is 1. The number of benzene rings is 2. The van der Waals surface area contributed by atoms with Gasteiger partial charge in [0, 0.05) is 42.2 Å². The molecule has 2 atom stereocenters. The van der Waals surface area contributed by atoms with E-state index in [-0.39, 0.29) is 17.7 Å². The minimum absolute atomic E-state index is 0.00416. The minimum Gasteiger partial charge on any atom is -0.489 e. The minimum atomic E-state index is -0.878. The number of hydrogen-bond donors (Lipinski definition) is 3. The Kier molecular flexibility index (Phi) is 7.44. The van der Waals surface area contributed by atoms with E-state index in [4.69, 9.17) is 4.74 Å². The highest BCUT2D eigenvalue weighted by atomic mass is 16.5. The summed E-state index contributed by atoms with van der Waals surface area (Å²) in [6, 6.07) is 14.6. The molecule has 2 unspecified atom stereocenters. The van der Waals surface area contributed by atoms with Crippen molar-refractivity contribution >= 4 is 34.7 Å². The summed E-state index contributed by atoms with van der Waals surface area (Å²) in [5.41, 5.74) is 3.25. The third-order valence-electron chi connectivity index (χ3n) is 7.40. The van der Waals surface area contributed by atoms with E-state index >= 15 is 0 Å². The maximum absolute atomic E-state index is 13.2. The lowest BCUT2D eigenvalue weighted by atomic mass is 9.85. The molecule has 2 fully saturated rings. The normalized spacial score (nSPS) is 18.4. The first-order valence-corrected chi connectivity index (χ1v) is 13.0. The number of aromatic nitrogens is 1. The molecule has 10 heteroatoms. The number of hydrogen-bond acceptors (Lipinski definition) is 6. The molecule has 2 aliphatic rings. The third kappa shape index (κ3) is 5.84. The Morgan fingerprint density at radius 3 is 2.49 bits per heavy atom. The summed E-state index contributed by atoms with van der Waals surface area (Å²) < 4.78 is 6.01. The van der Waals surface area contributed by atoms with Crippen LogP contribution in [0.3, 0.4) is 0 Å². The molecule has 10 nitrogen and oxygen atoms in total. The van der Waals surface area contributed by atoms with Crippen molar-refractivity contribution in [1.82, 2.24) is 25.8 Å². The van der Waals surface area contributed by atoms with E-state index in [1.807, 2.05) is 37.3 Å². The van der Waals surface area contributed by atoms with E-state index in [9.17, 15) is 19.2 Å². The number of nitrogens with zero attached hydrogens (tertiary/aromatic N) is 2. The van der Waals surface area contributed by atoms with Gasteiger partial charge in [0.2, 0.25) is 5.91 Å². The molecule has 0 bridgehead atoms. The number of para-hydroxylation sites is 1. The predicted molar refractivity (Wildman–Crippen MR) is 144 cm³/mol. The second-order valence-corrected chi connectivity index (χ2v) is 10.0. The van der Waals surface area contributed by atoms with Crippen LogP contribution in [0.1, 0.15) is 41.4 Å². The molecule has 3 N–H and O–H groups in total. The lowest BCUT2D eigenvalue weighted by Crippen LogP contribution is -2.56. The number of amides is 5. The summed E-state index contributed by atoms with van der Waals surface area (Å²) in [4.78, 5) is 55.6. The Labute approximate surface area is 226 Å². The Bertz CT molecular complexity index is 1420. The van der Waals surface area contributed by atoms with Gasteiger partial charge in [0.25, 0.3) is 11.8 Å². The van der Waals surface area contributed by atoms with Crippen LogP contribution in [0.25, 0.3) is 10.9 Å². The molecule has 0 radical (unpaired) electrons. The van der Waals surface area contributed by atoms with Crippen molar-refractivity contribution in [2.45, 2.75) is 45.4 Å². The zero-order valence-corrected chi connectivity index (χ0v) is 21.9. The van der Waals surface area contributed by atoms with Gasteiger partial charge in [0.05, 0.1) is 11.6 Å². The van der Waals surface area contributed by atoms with E-state index in [1.165, 1.54) is 6.92 Å². The number of piperidine rings is 1. The Morgan fingerprint density at radius 1 is 1.10 bits per heavy atom. The summed E-state index contributed by atoms with van der Waals surface area (Å²) in [7, 11) is 0. The first kappa shape index (κ1) is 26.1. The largest absolute Gasteiger partial charge is 0.489 e. The molecule has 0 spiro atoms. The van der Waals surface area contributed by atoms with Crippen LogP contribution in [0.15, 0.2) is 54.6 Å². The molecule has 0 saturated carbocycles. The molecule has 1 aromatic heterocycles. The number of likely N-dealkylation sites (tertiary alicyclic amines) is 1. The van der Waals surface area contributed by atoms with Gasteiger partial charge in [-0.1, -0.05) is 18.2 Å². The quantitative estimate of drug-likeness (QED) is 0.404. The van der Waals surface area contributed by atoms with Gasteiger partial charge in [-0.3, -0.25) is 24.7 Å². The van der Waals surface area contributed by atoms with Crippen LogP contribution >= 0.6 is 0 Å². The fraction of sp³-hybridized carbons (Fsp3) is 0.345. The third-order valence-corrected chi connectivity index (χ3v) is 7.40. The van der Waals surface area contributed by atoms with E-state index < -0.39 is 24.0 Å². The fourth-order valence-corrected chi connectivity index (χ4v) is 5.34. The fourth-order valence-electron chi connectivity index (χ4n) is 5.34. The molecule has 2 aromatic carbocycles. The number of fused-ring (bicyclic) bond motifs is 1. The number of carbonyl (C=O) groups excluding carboxylic acids is 4. The topological polar surface area (TPSA) is 130 Å². The summed E-state index contributed by atoms with van der Waals surface area (Å²) in [5.74, 6) is -0.302. The summed E-state index contributed by atoms with van der Waals surface area (Å²) in [6.07, 6.45) is 1.22. The summed E-state index contributed by atoms with van der Waals surface area (Å²) in [6.45, 7) is 4.90. The zero-order valence-electron chi connectivity index (χ0n) is 21.9. The highest BCUT2D eigenvalue weighted by Gasteiger charge is 2.42. The Morgan fingerprint density at radius 2 is 1.82 bits per heavy atom. The smallest absolute Gasteiger partial charge is 0.322 e. The number of aryl methyl sites for hydroxylation is 1. The van der Waals surface area contributed by atoms with Gasteiger partial charge in [-0.2, -0.15) is 0 Å². The van der Waals surface area contributed by atoms with Crippen molar-refractivity contribution in [3.8, 4) is 5.75 Å². The standard InChI is InChI=1S/C29H31N5O5/c1-17-15-21(23-5-3-4-6-24(23)30-17)16-39-22-9-7-20(8-10-22)27(36)31-25(26-28(37)33-29(38)32-26)19-11-13-34(14-12-19)18(2)35/h3-10,15,19,25-26H,11-14,16H2,1-2H3,(H,31,36)(H2,32,33,37,38). The summed E-state index contributed by atoms with van der Waals surface area (Å²) >= 11 is 0. The van der Waals surface area contributed by atoms with Gasteiger partial charge in [0.1, 0.15) is 18.4 Å². The first-order valence-electron chi connectivity index (χ1n) is 13.0. The molecule has 2 aliphatic heterocycles. The molecular formula is C29H31N5O5. The van der Waals surface area contributed by atoms with Gasteiger partial charge in [-0.15, -0.1) is 0 Å². The lowest BCUT2D eigenvalue weighted by molar-refractivity contribution is -0.130. The SMILES string of the molecule is CC(=O)N1CCC(C(NC(=O)c2ccc(OCc3cc(C)nc4ccccc34)cc2)C2NC(=O)NC2=O)CC1. The number of nitrogens with one attached hydrogen (secondary N) is 3. The predicted octanol–water partition coefficient (Wildman–Crippen LogP) is 2.69. The van der Waals surface area contributed by atoms with Crippen molar-refractivity contribution in [3.05, 3.63) is 71.4 Å². The maximum Gasteiger partial charge on any atom is 0.322 e. The average molecular weight is 530 g/mol. The van der Waals surface area contributed by atoms with Crippen molar-refractivity contribution < 1.29 is 23.9 Å². The van der Waals surface area contributed by atoms with Crippen LogP contribution in [-0.4, -0.2) is 58.8 Å². The lowest BCUT2D eigenvalue weighted by Gasteiger charge is -2.37. The molecular weight excluding hydrogens is 498 g/mol. The monoisotopic (exact) mass is 529 g/mol. The van der Waals surface area contributed by atoms with Gasteiger partial charge in [-0.05, 0) is 62.1 Å². The van der Waals surface area contributed by atoms with Crippen LogP contribution in [0.5, 0.6) is 5.75 Å². The van der Waals surface area contributed by atoms with Crippen LogP contribution < -0.4 is 20.7 Å². The van der Waals surface area contributed by atoms with Crippen molar-refractivity contribution in [2.24, 2.45) is 5.92 Å². The van der Waals surface area contributed by atoms with Crippen LogP contribution in [0, 0.1) is 12.8 Å². The van der Waals surface area contributed by atoms with Gasteiger partial charge < -0.3 is 20.3 Å². The number of urea groups is 1. The van der Waals surface area contributed by atoms with Gasteiger partial charge >= 0.3 is 6.03 Å². The number of rotatable bonds is 7. The van der Waals surface area contributed by atoms with E-state index in [2.05, 4.69) is 20.9 Å². The van der Waals surface area contributed by atoms with Crippen LogP contribution in [0.4, 0.5) is 4.79 Å². The molecule has 39 heavy (non-hydrogen) atoms. The molecule has 3 heterocycles. The van der Waals surface area contributed by atoms with Crippen molar-refractivity contribution in [2.75, 3.05) is 13.1 Å². The zero-order chi connectivity index (χ0) is 27.5. The van der Waals surface area contributed by atoms with Crippen molar-refractivity contribution in [3.63, 3.8) is 0 Å². The van der Waals surface area contributed by atoms with Crippen molar-refractivity contribution in [1.29, 1.82) is 0 Å². The van der Waals surface area contributed by atoms with Crippen LogP contribution in [0.2, 0.25) is 0 Å². The number of imide groups is 1. The van der Waals surface area contributed by atoms with Gasteiger partial charge in [0.15, 0.2) is 0 Å². The highest BCUT2D eigenvalue weighted by Crippen LogP contribution is 2.25. The second kappa shape index (κ2) is 11.1. The van der Waals surface area contributed by atoms with E-state index in [0.29, 0.717) is 43.9 Å². The summed E-state index contributed by atoms with van der Waals surface area (Å²) in [5, 5.41) is 8.89. The Hall–Kier alpha value is -4.47. The number of carbonyl (C=O) groups is 4. The maximum atomic E-state index is 13.2. The molecule has 0 aliphatic carbocycles. The molecule has 202 valence electrons. The molecule has 2 saturated heterocycles. The molecule has 5 rings (SSSR count). The van der Waals surface area contributed by atoms with Gasteiger partial charge in [-0.25, -0.2) is 4.79 Å². The van der Waals surface area contributed by atoms with E-state index in [0.717, 1.165) is 22.2 Å². The highest BCUT2D eigenvalue weighted by molar-refractivity contribution is 6.05. The molecule has 3 aromatic rings. The second-order valence-electron chi connectivity index (χ2n) is 10.0. The van der Waals surface area contributed by atoms with E-state index in [1.54, 1.807) is 29.2 Å².